The number of carbonyl (C=O) groups is 1. The topological polar surface area (TPSA) is 47.6 Å². The van der Waals surface area contributed by atoms with Gasteiger partial charge in [0.15, 0.2) is 6.61 Å². The van der Waals surface area contributed by atoms with Crippen LogP contribution in [0.25, 0.3) is 0 Å². The molecule has 2 aromatic rings. The molecule has 24 heavy (non-hydrogen) atoms. The lowest BCUT2D eigenvalue weighted by Crippen LogP contribution is -2.20. The second kappa shape index (κ2) is 9.83. The molecular formula is C19H22ClNO3. The number of ether oxygens (including phenoxy) is 2. The minimum Gasteiger partial charge on any atom is -0.494 e. The molecular weight excluding hydrogens is 326 g/mol. The van der Waals surface area contributed by atoms with Crippen LogP contribution in [0.3, 0.4) is 0 Å². The smallest absolute Gasteiger partial charge is 0.262 e. The fraction of sp³-hybridized carbons (Fsp3) is 0.316. The molecule has 0 atom stereocenters. The zero-order valence-corrected chi connectivity index (χ0v) is 14.5. The van der Waals surface area contributed by atoms with E-state index in [9.17, 15) is 4.79 Å². The lowest BCUT2D eigenvalue weighted by Gasteiger charge is -2.09. The Hall–Kier alpha value is -2.20. The number of unbranched alkanes of at least 4 members (excludes halogenated alkanes) is 2. The fourth-order valence-corrected chi connectivity index (χ4v) is 2.26. The summed E-state index contributed by atoms with van der Waals surface area (Å²) >= 11 is 5.87. The first kappa shape index (κ1) is 18.1. The number of hydrogen-bond donors (Lipinski definition) is 1. The van der Waals surface area contributed by atoms with Gasteiger partial charge in [-0.15, -0.1) is 0 Å². The monoisotopic (exact) mass is 347 g/mol. The highest BCUT2D eigenvalue weighted by Gasteiger charge is 2.04. The van der Waals surface area contributed by atoms with Crippen molar-refractivity contribution in [2.75, 3.05) is 18.5 Å². The minimum absolute atomic E-state index is 0.0738. The first-order valence-electron chi connectivity index (χ1n) is 8.08. The van der Waals surface area contributed by atoms with Crippen molar-refractivity contribution in [2.45, 2.75) is 26.2 Å². The Morgan fingerprint density at radius 2 is 1.83 bits per heavy atom. The molecule has 0 unspecified atom stereocenters. The first-order chi connectivity index (χ1) is 11.7. The fourth-order valence-electron chi connectivity index (χ4n) is 2.08. The summed E-state index contributed by atoms with van der Waals surface area (Å²) in [4.78, 5) is 11.9. The van der Waals surface area contributed by atoms with Gasteiger partial charge in [0.25, 0.3) is 5.91 Å². The maximum absolute atomic E-state index is 11.9. The van der Waals surface area contributed by atoms with Crippen LogP contribution in [-0.4, -0.2) is 19.1 Å². The van der Waals surface area contributed by atoms with Crippen molar-refractivity contribution in [3.8, 4) is 11.5 Å². The van der Waals surface area contributed by atoms with Crippen LogP contribution in [-0.2, 0) is 4.79 Å². The summed E-state index contributed by atoms with van der Waals surface area (Å²) in [5.41, 5.74) is 0.704. The van der Waals surface area contributed by atoms with Crippen LogP contribution >= 0.6 is 11.6 Å². The van der Waals surface area contributed by atoms with Gasteiger partial charge in [-0.3, -0.25) is 4.79 Å². The summed E-state index contributed by atoms with van der Waals surface area (Å²) < 4.78 is 11.0. The Morgan fingerprint density at radius 3 is 2.54 bits per heavy atom. The molecule has 1 amide bonds. The van der Waals surface area contributed by atoms with E-state index in [-0.39, 0.29) is 12.5 Å². The largest absolute Gasteiger partial charge is 0.494 e. The first-order valence-corrected chi connectivity index (χ1v) is 8.46. The number of halogens is 1. The second-order valence-corrected chi connectivity index (χ2v) is 5.81. The van der Waals surface area contributed by atoms with Crippen molar-refractivity contribution in [3.63, 3.8) is 0 Å². The van der Waals surface area contributed by atoms with Crippen LogP contribution in [0, 0.1) is 0 Å². The summed E-state index contributed by atoms with van der Waals surface area (Å²) in [5.74, 6) is 1.14. The Kier molecular flexibility index (Phi) is 7.43. The lowest BCUT2D eigenvalue weighted by atomic mass is 10.2. The molecule has 0 spiro atoms. The van der Waals surface area contributed by atoms with E-state index in [1.807, 2.05) is 24.3 Å². The van der Waals surface area contributed by atoms with Crippen molar-refractivity contribution in [1.82, 2.24) is 0 Å². The summed E-state index contributed by atoms with van der Waals surface area (Å²) in [6, 6.07) is 14.3. The SMILES string of the molecule is CCCCCOc1ccc(NC(=O)COc2cccc(Cl)c2)cc1. The van der Waals surface area contributed by atoms with E-state index < -0.39 is 0 Å². The highest BCUT2D eigenvalue weighted by atomic mass is 35.5. The van der Waals surface area contributed by atoms with Crippen molar-refractivity contribution < 1.29 is 14.3 Å². The average molecular weight is 348 g/mol. The molecule has 1 N–H and O–H groups in total. The molecule has 2 aromatic carbocycles. The molecule has 0 heterocycles. The van der Waals surface area contributed by atoms with Gasteiger partial charge >= 0.3 is 0 Å². The predicted molar refractivity (Wildman–Crippen MR) is 97.0 cm³/mol. The van der Waals surface area contributed by atoms with Gasteiger partial charge in [0.05, 0.1) is 6.61 Å². The molecule has 4 nitrogen and oxygen atoms in total. The zero-order valence-electron chi connectivity index (χ0n) is 13.8. The molecule has 0 aromatic heterocycles. The maximum Gasteiger partial charge on any atom is 0.262 e. The van der Waals surface area contributed by atoms with Gasteiger partial charge in [-0.25, -0.2) is 0 Å². The van der Waals surface area contributed by atoms with Crippen molar-refractivity contribution >= 4 is 23.2 Å². The van der Waals surface area contributed by atoms with E-state index in [1.165, 1.54) is 12.8 Å². The molecule has 2 rings (SSSR count). The van der Waals surface area contributed by atoms with Crippen LogP contribution in [0.4, 0.5) is 5.69 Å². The predicted octanol–water partition coefficient (Wildman–Crippen LogP) is 4.93. The van der Waals surface area contributed by atoms with Crippen molar-refractivity contribution in [3.05, 3.63) is 53.6 Å². The number of rotatable bonds is 9. The van der Waals surface area contributed by atoms with Gasteiger partial charge in [-0.1, -0.05) is 37.4 Å². The molecule has 0 saturated carbocycles. The number of nitrogens with one attached hydrogen (secondary N) is 1. The van der Waals surface area contributed by atoms with Gasteiger partial charge in [-0.05, 0) is 48.9 Å². The molecule has 0 aliphatic rings. The average Bonchev–Trinajstić information content (AvgIpc) is 2.58. The summed E-state index contributed by atoms with van der Waals surface area (Å²) in [6.45, 7) is 2.80. The Labute approximate surface area is 147 Å². The number of carbonyl (C=O) groups excluding carboxylic acids is 1. The molecule has 0 aliphatic carbocycles. The molecule has 128 valence electrons. The number of amides is 1. The number of benzene rings is 2. The minimum atomic E-state index is -0.230. The Balaban J connectivity index is 1.75. The van der Waals surface area contributed by atoms with Gasteiger partial charge < -0.3 is 14.8 Å². The lowest BCUT2D eigenvalue weighted by molar-refractivity contribution is -0.118. The zero-order chi connectivity index (χ0) is 17.2. The van der Waals surface area contributed by atoms with E-state index in [4.69, 9.17) is 21.1 Å². The summed E-state index contributed by atoms with van der Waals surface area (Å²) in [5, 5.41) is 3.35. The van der Waals surface area contributed by atoms with Gasteiger partial charge in [0, 0.05) is 10.7 Å². The normalized spacial score (nSPS) is 10.2. The van der Waals surface area contributed by atoms with E-state index in [0.29, 0.717) is 23.1 Å². The summed E-state index contributed by atoms with van der Waals surface area (Å²) in [6.07, 6.45) is 3.39. The number of hydrogen-bond acceptors (Lipinski definition) is 3. The molecule has 0 aliphatic heterocycles. The highest BCUT2D eigenvalue weighted by molar-refractivity contribution is 6.30. The quantitative estimate of drug-likeness (QED) is 0.654. The van der Waals surface area contributed by atoms with Crippen LogP contribution in [0.15, 0.2) is 48.5 Å². The molecule has 5 heteroatoms. The van der Waals surface area contributed by atoms with Crippen LogP contribution in [0.2, 0.25) is 5.02 Å². The van der Waals surface area contributed by atoms with Crippen molar-refractivity contribution in [2.24, 2.45) is 0 Å². The van der Waals surface area contributed by atoms with Crippen LogP contribution < -0.4 is 14.8 Å². The van der Waals surface area contributed by atoms with Gasteiger partial charge in [0.2, 0.25) is 0 Å². The third kappa shape index (κ3) is 6.50. The number of anilines is 1. The van der Waals surface area contributed by atoms with E-state index in [2.05, 4.69) is 12.2 Å². The standard InChI is InChI=1S/C19H22ClNO3/c1-2-3-4-12-23-17-10-8-16(9-11-17)21-19(22)14-24-18-7-5-6-15(20)13-18/h5-11,13H,2-4,12,14H2,1H3,(H,21,22). The van der Waals surface area contributed by atoms with Crippen molar-refractivity contribution in [1.29, 1.82) is 0 Å². The third-order valence-electron chi connectivity index (χ3n) is 3.32. The molecule has 0 fully saturated rings. The van der Waals surface area contributed by atoms with Crippen LogP contribution in [0.1, 0.15) is 26.2 Å². The van der Waals surface area contributed by atoms with Crippen LogP contribution in [0.5, 0.6) is 11.5 Å². The Morgan fingerprint density at radius 1 is 1.04 bits per heavy atom. The second-order valence-electron chi connectivity index (χ2n) is 5.37. The van der Waals surface area contributed by atoms with Gasteiger partial charge in [0.1, 0.15) is 11.5 Å². The molecule has 0 saturated heterocycles. The van der Waals surface area contributed by atoms with Gasteiger partial charge in [-0.2, -0.15) is 0 Å². The van der Waals surface area contributed by atoms with E-state index in [1.54, 1.807) is 24.3 Å². The molecule has 0 bridgehead atoms. The highest BCUT2D eigenvalue weighted by Crippen LogP contribution is 2.18. The third-order valence-corrected chi connectivity index (χ3v) is 3.56. The van der Waals surface area contributed by atoms with E-state index >= 15 is 0 Å². The molecule has 0 radical (unpaired) electrons. The Bertz CT molecular complexity index is 643. The summed E-state index contributed by atoms with van der Waals surface area (Å²) in [7, 11) is 0. The maximum atomic E-state index is 11.9. The van der Waals surface area contributed by atoms with E-state index in [0.717, 1.165) is 12.2 Å².